The van der Waals surface area contributed by atoms with E-state index >= 15 is 0 Å². The average Bonchev–Trinajstić information content (AvgIpc) is 3.06. The standard InChI is InChI=1S/C21H21F3N4O/c1-20(2,3)16-13-18(28(27-16)17-6-4-5-11-25-17)26-19(29)12-14-7-9-15(10-8-14)21(22,23)24/h4-11,13H,12H2,1-3H3,(H,26,29). The number of hydrogen-bond donors (Lipinski definition) is 1. The van der Waals surface area contributed by atoms with E-state index in [0.717, 1.165) is 17.8 Å². The molecule has 0 spiro atoms. The van der Waals surface area contributed by atoms with E-state index in [9.17, 15) is 18.0 Å². The molecule has 8 heteroatoms. The van der Waals surface area contributed by atoms with E-state index in [-0.39, 0.29) is 17.7 Å². The van der Waals surface area contributed by atoms with Crippen LogP contribution in [0, 0.1) is 0 Å². The lowest BCUT2D eigenvalue weighted by molar-refractivity contribution is -0.137. The summed E-state index contributed by atoms with van der Waals surface area (Å²) < 4.78 is 39.6. The summed E-state index contributed by atoms with van der Waals surface area (Å²) in [6, 6.07) is 11.7. The van der Waals surface area contributed by atoms with Crippen LogP contribution in [-0.4, -0.2) is 20.7 Å². The SMILES string of the molecule is CC(C)(C)c1cc(NC(=O)Cc2ccc(C(F)(F)F)cc2)n(-c2ccccn2)n1. The first-order valence-corrected chi connectivity index (χ1v) is 9.02. The number of amides is 1. The van der Waals surface area contributed by atoms with E-state index in [0.29, 0.717) is 17.2 Å². The van der Waals surface area contributed by atoms with Gasteiger partial charge in [-0.15, -0.1) is 0 Å². The minimum Gasteiger partial charge on any atom is -0.310 e. The molecule has 1 N–H and O–H groups in total. The van der Waals surface area contributed by atoms with Gasteiger partial charge in [-0.2, -0.15) is 23.0 Å². The van der Waals surface area contributed by atoms with Crippen LogP contribution >= 0.6 is 0 Å². The van der Waals surface area contributed by atoms with E-state index in [1.807, 2.05) is 26.8 Å². The molecule has 1 amide bonds. The van der Waals surface area contributed by atoms with Gasteiger partial charge in [-0.25, -0.2) is 4.98 Å². The monoisotopic (exact) mass is 402 g/mol. The molecular weight excluding hydrogens is 381 g/mol. The van der Waals surface area contributed by atoms with Crippen LogP contribution < -0.4 is 5.32 Å². The third kappa shape index (κ3) is 5.01. The minimum atomic E-state index is -4.40. The Morgan fingerprint density at radius 1 is 1.07 bits per heavy atom. The molecule has 3 rings (SSSR count). The number of hydrogen-bond acceptors (Lipinski definition) is 3. The molecule has 0 bridgehead atoms. The Hall–Kier alpha value is -3.16. The maximum Gasteiger partial charge on any atom is 0.416 e. The zero-order chi connectivity index (χ0) is 21.2. The van der Waals surface area contributed by atoms with Crippen LogP contribution in [0.25, 0.3) is 5.82 Å². The number of rotatable bonds is 4. The molecule has 152 valence electrons. The van der Waals surface area contributed by atoms with E-state index in [2.05, 4.69) is 15.4 Å². The highest BCUT2D eigenvalue weighted by Crippen LogP contribution is 2.29. The second kappa shape index (κ2) is 7.69. The molecule has 0 saturated carbocycles. The highest BCUT2D eigenvalue weighted by atomic mass is 19.4. The van der Waals surface area contributed by atoms with Crippen molar-refractivity contribution in [2.45, 2.75) is 38.8 Å². The summed E-state index contributed by atoms with van der Waals surface area (Å²) in [7, 11) is 0. The van der Waals surface area contributed by atoms with Crippen LogP contribution in [0.4, 0.5) is 19.0 Å². The van der Waals surface area contributed by atoms with E-state index in [1.165, 1.54) is 12.1 Å². The van der Waals surface area contributed by atoms with E-state index in [1.54, 1.807) is 29.1 Å². The maximum absolute atomic E-state index is 12.7. The third-order valence-electron chi connectivity index (χ3n) is 4.26. The molecule has 0 aliphatic carbocycles. The number of alkyl halides is 3. The normalized spacial score (nSPS) is 12.1. The number of nitrogens with zero attached hydrogens (tertiary/aromatic N) is 3. The Morgan fingerprint density at radius 3 is 2.31 bits per heavy atom. The summed E-state index contributed by atoms with van der Waals surface area (Å²) in [5.41, 5.74) is 0.264. The number of pyridine rings is 1. The Morgan fingerprint density at radius 2 is 1.76 bits per heavy atom. The van der Waals surface area contributed by atoms with Crippen LogP contribution in [0.3, 0.4) is 0 Å². The van der Waals surface area contributed by atoms with Crippen molar-refractivity contribution in [2.75, 3.05) is 5.32 Å². The zero-order valence-corrected chi connectivity index (χ0v) is 16.3. The summed E-state index contributed by atoms with van der Waals surface area (Å²) in [4.78, 5) is 16.8. The number of benzene rings is 1. The number of carbonyl (C=O) groups excluding carboxylic acids is 1. The summed E-state index contributed by atoms with van der Waals surface area (Å²) in [5, 5.41) is 7.36. The lowest BCUT2D eigenvalue weighted by Gasteiger charge is -2.13. The maximum atomic E-state index is 12.7. The fourth-order valence-corrected chi connectivity index (χ4v) is 2.67. The average molecular weight is 402 g/mol. The third-order valence-corrected chi connectivity index (χ3v) is 4.26. The van der Waals surface area contributed by atoms with Gasteiger partial charge in [-0.3, -0.25) is 4.79 Å². The molecule has 0 unspecified atom stereocenters. The van der Waals surface area contributed by atoms with Crippen molar-refractivity contribution >= 4 is 11.7 Å². The molecule has 0 atom stereocenters. The van der Waals surface area contributed by atoms with Crippen LogP contribution in [0.5, 0.6) is 0 Å². The first-order chi connectivity index (χ1) is 13.5. The number of carbonyl (C=O) groups is 1. The van der Waals surface area contributed by atoms with Gasteiger partial charge in [0.15, 0.2) is 5.82 Å². The first-order valence-electron chi connectivity index (χ1n) is 9.02. The molecule has 29 heavy (non-hydrogen) atoms. The summed E-state index contributed by atoms with van der Waals surface area (Å²) in [6.45, 7) is 6.02. The fraction of sp³-hybridized carbons (Fsp3) is 0.286. The molecule has 3 aromatic rings. The summed E-state index contributed by atoms with van der Waals surface area (Å²) in [6.07, 6.45) is -2.84. The molecule has 0 saturated heterocycles. The van der Waals surface area contributed by atoms with Crippen LogP contribution in [0.15, 0.2) is 54.7 Å². The Balaban J connectivity index is 1.82. The van der Waals surface area contributed by atoms with Crippen LogP contribution in [0.1, 0.15) is 37.6 Å². The van der Waals surface area contributed by atoms with E-state index < -0.39 is 11.7 Å². The Labute approximate surface area is 166 Å². The molecule has 0 fully saturated rings. The number of anilines is 1. The van der Waals surface area contributed by atoms with Gasteiger partial charge in [0.25, 0.3) is 0 Å². The van der Waals surface area contributed by atoms with Crippen molar-refractivity contribution in [3.63, 3.8) is 0 Å². The van der Waals surface area contributed by atoms with Crippen molar-refractivity contribution in [1.29, 1.82) is 0 Å². The smallest absolute Gasteiger partial charge is 0.310 e. The van der Waals surface area contributed by atoms with Gasteiger partial charge >= 0.3 is 6.18 Å². The highest BCUT2D eigenvalue weighted by Gasteiger charge is 2.30. The number of nitrogens with one attached hydrogen (secondary N) is 1. The topological polar surface area (TPSA) is 59.8 Å². The second-order valence-electron chi connectivity index (χ2n) is 7.68. The summed E-state index contributed by atoms with van der Waals surface area (Å²) in [5.74, 6) is 0.640. The molecule has 2 heterocycles. The number of halogens is 3. The van der Waals surface area contributed by atoms with Gasteiger partial charge in [0.2, 0.25) is 5.91 Å². The van der Waals surface area contributed by atoms with Crippen molar-refractivity contribution in [3.05, 3.63) is 71.5 Å². The quantitative estimate of drug-likeness (QED) is 0.684. The predicted molar refractivity (Wildman–Crippen MR) is 104 cm³/mol. The van der Waals surface area contributed by atoms with Gasteiger partial charge in [0.05, 0.1) is 17.7 Å². The molecule has 5 nitrogen and oxygen atoms in total. The van der Waals surface area contributed by atoms with E-state index in [4.69, 9.17) is 0 Å². The Kier molecular flexibility index (Phi) is 5.46. The lowest BCUT2D eigenvalue weighted by Crippen LogP contribution is -2.17. The van der Waals surface area contributed by atoms with Gasteiger partial charge in [0, 0.05) is 17.7 Å². The molecule has 1 aromatic carbocycles. The fourth-order valence-electron chi connectivity index (χ4n) is 2.67. The zero-order valence-electron chi connectivity index (χ0n) is 16.3. The van der Waals surface area contributed by atoms with Crippen LogP contribution in [0.2, 0.25) is 0 Å². The van der Waals surface area contributed by atoms with Gasteiger partial charge in [0.1, 0.15) is 5.82 Å². The summed E-state index contributed by atoms with van der Waals surface area (Å²) >= 11 is 0. The number of aromatic nitrogens is 3. The van der Waals surface area contributed by atoms with Crippen molar-refractivity contribution in [2.24, 2.45) is 0 Å². The van der Waals surface area contributed by atoms with Gasteiger partial charge < -0.3 is 5.32 Å². The second-order valence-corrected chi connectivity index (χ2v) is 7.68. The van der Waals surface area contributed by atoms with Crippen LogP contribution in [-0.2, 0) is 22.8 Å². The van der Waals surface area contributed by atoms with Gasteiger partial charge in [-0.05, 0) is 29.8 Å². The highest BCUT2D eigenvalue weighted by molar-refractivity contribution is 5.91. The molecule has 2 aromatic heterocycles. The molecule has 0 aliphatic rings. The van der Waals surface area contributed by atoms with Gasteiger partial charge in [-0.1, -0.05) is 39.0 Å². The molecule has 0 radical (unpaired) electrons. The van der Waals surface area contributed by atoms with Crippen molar-refractivity contribution in [1.82, 2.24) is 14.8 Å². The first kappa shape index (κ1) is 20.6. The minimum absolute atomic E-state index is 0.0591. The molecular formula is C21H21F3N4O. The Bertz CT molecular complexity index is 988. The van der Waals surface area contributed by atoms with Crippen molar-refractivity contribution in [3.8, 4) is 5.82 Å². The predicted octanol–water partition coefficient (Wildman–Crippen LogP) is 4.76. The largest absolute Gasteiger partial charge is 0.416 e. The lowest BCUT2D eigenvalue weighted by atomic mass is 9.92. The molecule has 0 aliphatic heterocycles. The van der Waals surface area contributed by atoms with Crippen molar-refractivity contribution < 1.29 is 18.0 Å².